The van der Waals surface area contributed by atoms with E-state index in [1.54, 1.807) is 7.11 Å². The molecule has 0 amide bonds. The second-order valence-corrected chi connectivity index (χ2v) is 4.11. The van der Waals surface area contributed by atoms with Gasteiger partial charge in [-0.1, -0.05) is 12.1 Å². The summed E-state index contributed by atoms with van der Waals surface area (Å²) in [6.07, 6.45) is 0. The number of rotatable bonds is 11. The Balaban J connectivity index is 1.95. The Bertz CT molecular complexity index is 316. The lowest BCUT2D eigenvalue weighted by atomic mass is 10.2. The fraction of sp³-hybridized carbons (Fsp3) is 0.571. The summed E-state index contributed by atoms with van der Waals surface area (Å²) in [5.41, 5.74) is 1.08. The van der Waals surface area contributed by atoms with E-state index in [1.807, 2.05) is 24.3 Å². The van der Waals surface area contributed by atoms with E-state index in [1.165, 1.54) is 0 Å². The predicted octanol–water partition coefficient (Wildman–Crippen LogP) is 2.48. The van der Waals surface area contributed by atoms with Crippen LogP contribution >= 0.6 is 11.6 Å². The highest BCUT2D eigenvalue weighted by molar-refractivity contribution is 6.17. The summed E-state index contributed by atoms with van der Waals surface area (Å²) in [7, 11) is 1.65. The predicted molar refractivity (Wildman–Crippen MR) is 75.0 cm³/mol. The Labute approximate surface area is 119 Å². The summed E-state index contributed by atoms with van der Waals surface area (Å²) in [5.74, 6) is 1.35. The van der Waals surface area contributed by atoms with Crippen LogP contribution in [0, 0.1) is 0 Å². The van der Waals surface area contributed by atoms with E-state index >= 15 is 0 Å². The lowest BCUT2D eigenvalue weighted by Crippen LogP contribution is -2.12. The molecule has 0 aromatic heterocycles. The second kappa shape index (κ2) is 11.1. The van der Waals surface area contributed by atoms with Gasteiger partial charge in [0.25, 0.3) is 0 Å². The number of methoxy groups -OCH3 is 1. The zero-order valence-corrected chi connectivity index (χ0v) is 12.0. The standard InChI is InChI=1S/C14H21ClO4/c1-16-6-7-17-8-9-18-10-11-19-14-4-2-13(12-15)3-5-14/h2-5H,6-12H2,1H3. The van der Waals surface area contributed by atoms with E-state index in [-0.39, 0.29) is 0 Å². The molecule has 1 rings (SSSR count). The molecule has 0 fully saturated rings. The minimum Gasteiger partial charge on any atom is -0.491 e. The van der Waals surface area contributed by atoms with Crippen molar-refractivity contribution in [3.63, 3.8) is 0 Å². The van der Waals surface area contributed by atoms with Gasteiger partial charge in [-0.05, 0) is 17.7 Å². The first kappa shape index (κ1) is 16.2. The Kier molecular flexibility index (Phi) is 9.45. The summed E-state index contributed by atoms with van der Waals surface area (Å²) < 4.78 is 21.0. The molecule has 0 unspecified atom stereocenters. The highest BCUT2D eigenvalue weighted by Gasteiger charge is 1.95. The van der Waals surface area contributed by atoms with E-state index in [0.29, 0.717) is 45.5 Å². The summed E-state index contributed by atoms with van der Waals surface area (Å²) in [6.45, 7) is 3.43. The first-order valence-electron chi connectivity index (χ1n) is 6.29. The SMILES string of the molecule is COCCOCCOCCOc1ccc(CCl)cc1. The van der Waals surface area contributed by atoms with Gasteiger partial charge in [-0.3, -0.25) is 0 Å². The van der Waals surface area contributed by atoms with Crippen molar-refractivity contribution in [3.8, 4) is 5.75 Å². The van der Waals surface area contributed by atoms with Crippen molar-refractivity contribution in [2.45, 2.75) is 5.88 Å². The second-order valence-electron chi connectivity index (χ2n) is 3.84. The smallest absolute Gasteiger partial charge is 0.119 e. The molecule has 0 saturated heterocycles. The molecule has 108 valence electrons. The van der Waals surface area contributed by atoms with Gasteiger partial charge in [-0.25, -0.2) is 0 Å². The molecule has 19 heavy (non-hydrogen) atoms. The van der Waals surface area contributed by atoms with Crippen LogP contribution in [0.5, 0.6) is 5.75 Å². The summed E-state index contributed by atoms with van der Waals surface area (Å²) in [5, 5.41) is 0. The van der Waals surface area contributed by atoms with Gasteiger partial charge in [-0.15, -0.1) is 11.6 Å². The van der Waals surface area contributed by atoms with Gasteiger partial charge < -0.3 is 18.9 Å². The highest BCUT2D eigenvalue weighted by Crippen LogP contribution is 2.13. The van der Waals surface area contributed by atoms with Crippen LogP contribution in [0.4, 0.5) is 0 Å². The molecule has 0 atom stereocenters. The number of hydrogen-bond acceptors (Lipinski definition) is 4. The molecule has 0 aliphatic heterocycles. The molecular formula is C14H21ClO4. The zero-order valence-electron chi connectivity index (χ0n) is 11.3. The number of hydrogen-bond donors (Lipinski definition) is 0. The average molecular weight is 289 g/mol. The molecule has 0 spiro atoms. The number of ether oxygens (including phenoxy) is 4. The molecule has 5 heteroatoms. The first-order valence-corrected chi connectivity index (χ1v) is 6.82. The van der Waals surface area contributed by atoms with Gasteiger partial charge in [0.1, 0.15) is 12.4 Å². The van der Waals surface area contributed by atoms with Crippen LogP contribution in [0.15, 0.2) is 24.3 Å². The van der Waals surface area contributed by atoms with E-state index < -0.39 is 0 Å². The van der Waals surface area contributed by atoms with Gasteiger partial charge in [0.05, 0.1) is 33.0 Å². The van der Waals surface area contributed by atoms with Crippen LogP contribution in [-0.2, 0) is 20.1 Å². The van der Waals surface area contributed by atoms with Crippen LogP contribution < -0.4 is 4.74 Å². The molecule has 0 aliphatic carbocycles. The van der Waals surface area contributed by atoms with Crippen molar-refractivity contribution in [2.24, 2.45) is 0 Å². The fourth-order valence-electron chi connectivity index (χ4n) is 1.36. The minimum atomic E-state index is 0.520. The van der Waals surface area contributed by atoms with Gasteiger partial charge in [0.15, 0.2) is 0 Å². The Morgan fingerprint density at radius 3 is 2.00 bits per heavy atom. The zero-order chi connectivity index (χ0) is 13.8. The molecular weight excluding hydrogens is 268 g/mol. The maximum absolute atomic E-state index is 5.71. The van der Waals surface area contributed by atoms with Crippen LogP contribution in [0.2, 0.25) is 0 Å². The molecule has 0 saturated carbocycles. The third-order valence-electron chi connectivity index (χ3n) is 2.38. The molecule has 0 N–H and O–H groups in total. The van der Waals surface area contributed by atoms with Crippen molar-refractivity contribution in [1.29, 1.82) is 0 Å². The Morgan fingerprint density at radius 2 is 1.42 bits per heavy atom. The molecule has 0 heterocycles. The van der Waals surface area contributed by atoms with Crippen molar-refractivity contribution in [1.82, 2.24) is 0 Å². The largest absolute Gasteiger partial charge is 0.491 e. The van der Waals surface area contributed by atoms with Crippen molar-refractivity contribution in [2.75, 3.05) is 46.8 Å². The third-order valence-corrected chi connectivity index (χ3v) is 2.69. The average Bonchev–Trinajstić information content (AvgIpc) is 2.46. The topological polar surface area (TPSA) is 36.9 Å². The first-order chi connectivity index (χ1) is 9.36. The molecule has 0 aliphatic rings. The molecule has 0 bridgehead atoms. The maximum atomic E-state index is 5.71. The van der Waals surface area contributed by atoms with Crippen LogP contribution in [0.1, 0.15) is 5.56 Å². The van der Waals surface area contributed by atoms with E-state index in [0.717, 1.165) is 11.3 Å². The van der Waals surface area contributed by atoms with E-state index in [9.17, 15) is 0 Å². The van der Waals surface area contributed by atoms with Gasteiger partial charge in [0.2, 0.25) is 0 Å². The number of alkyl halides is 1. The molecule has 4 nitrogen and oxygen atoms in total. The molecule has 1 aromatic rings. The van der Waals surface area contributed by atoms with Crippen molar-refractivity contribution in [3.05, 3.63) is 29.8 Å². The maximum Gasteiger partial charge on any atom is 0.119 e. The minimum absolute atomic E-state index is 0.520. The van der Waals surface area contributed by atoms with Gasteiger partial charge in [-0.2, -0.15) is 0 Å². The quantitative estimate of drug-likeness (QED) is 0.463. The Morgan fingerprint density at radius 1 is 0.842 bits per heavy atom. The van der Waals surface area contributed by atoms with Crippen molar-refractivity contribution >= 4 is 11.6 Å². The van der Waals surface area contributed by atoms with Gasteiger partial charge in [0, 0.05) is 13.0 Å². The van der Waals surface area contributed by atoms with Crippen LogP contribution in [-0.4, -0.2) is 46.8 Å². The monoisotopic (exact) mass is 288 g/mol. The summed E-state index contributed by atoms with van der Waals surface area (Å²) in [6, 6.07) is 7.72. The lowest BCUT2D eigenvalue weighted by Gasteiger charge is -2.08. The van der Waals surface area contributed by atoms with Crippen LogP contribution in [0.25, 0.3) is 0 Å². The summed E-state index contributed by atoms with van der Waals surface area (Å²) >= 11 is 5.71. The number of halogens is 1. The Hall–Kier alpha value is -0.810. The molecule has 1 aromatic carbocycles. The van der Waals surface area contributed by atoms with Crippen LogP contribution in [0.3, 0.4) is 0 Å². The number of benzene rings is 1. The van der Waals surface area contributed by atoms with E-state index in [4.69, 9.17) is 30.5 Å². The third kappa shape index (κ3) is 8.06. The van der Waals surface area contributed by atoms with E-state index in [2.05, 4.69) is 0 Å². The summed E-state index contributed by atoms with van der Waals surface area (Å²) in [4.78, 5) is 0. The fourth-order valence-corrected chi connectivity index (χ4v) is 1.54. The lowest BCUT2D eigenvalue weighted by molar-refractivity contribution is 0.0180. The highest BCUT2D eigenvalue weighted by atomic mass is 35.5. The molecule has 0 radical (unpaired) electrons. The normalized spacial score (nSPS) is 10.6. The van der Waals surface area contributed by atoms with Crippen molar-refractivity contribution < 1.29 is 18.9 Å². The van der Waals surface area contributed by atoms with Gasteiger partial charge >= 0.3 is 0 Å².